The number of oxazole rings is 1. The molecule has 7 aromatic carbocycles. The normalized spacial score (nSPS) is 14.4. The summed E-state index contributed by atoms with van der Waals surface area (Å²) >= 11 is 0. The lowest BCUT2D eigenvalue weighted by Crippen LogP contribution is -2.25. The van der Waals surface area contributed by atoms with E-state index in [0.29, 0.717) is 5.89 Å². The maximum Gasteiger partial charge on any atom is 0.227 e. The van der Waals surface area contributed by atoms with Gasteiger partial charge in [-0.15, -0.1) is 0 Å². The fourth-order valence-electron chi connectivity index (χ4n) is 9.42. The van der Waals surface area contributed by atoms with Crippen molar-refractivity contribution in [2.75, 3.05) is 4.90 Å². The van der Waals surface area contributed by atoms with Gasteiger partial charge in [-0.05, 0) is 142 Å². The lowest BCUT2D eigenvalue weighted by Gasteiger charge is -2.33. The molecular formula is C56H46N2O. The van der Waals surface area contributed by atoms with Gasteiger partial charge in [0, 0.05) is 28.0 Å². The molecule has 3 heteroatoms. The zero-order valence-corrected chi connectivity index (χ0v) is 33.6. The highest BCUT2D eigenvalue weighted by atomic mass is 16.3. The second kappa shape index (κ2) is 15.4. The Bertz CT molecular complexity index is 2800. The van der Waals surface area contributed by atoms with E-state index in [9.17, 15) is 0 Å². The van der Waals surface area contributed by atoms with E-state index in [2.05, 4.69) is 189 Å². The summed E-state index contributed by atoms with van der Waals surface area (Å²) in [4.78, 5) is 7.26. The molecular weight excluding hydrogens is 717 g/mol. The van der Waals surface area contributed by atoms with E-state index in [1.165, 1.54) is 44.7 Å². The Morgan fingerprint density at radius 2 is 1.20 bits per heavy atom. The maximum absolute atomic E-state index is 6.29. The van der Waals surface area contributed by atoms with E-state index in [4.69, 9.17) is 9.40 Å². The lowest BCUT2D eigenvalue weighted by atomic mass is 9.71. The molecule has 8 aromatic rings. The van der Waals surface area contributed by atoms with E-state index in [0.717, 1.165) is 70.4 Å². The van der Waals surface area contributed by atoms with Gasteiger partial charge in [0.2, 0.25) is 5.89 Å². The average molecular weight is 763 g/mol. The molecule has 286 valence electrons. The summed E-state index contributed by atoms with van der Waals surface area (Å²) in [6.07, 6.45) is 11.3. The third-order valence-electron chi connectivity index (χ3n) is 12.5. The largest absolute Gasteiger partial charge is 0.436 e. The minimum atomic E-state index is -0.0262. The van der Waals surface area contributed by atoms with E-state index >= 15 is 0 Å². The first-order valence-electron chi connectivity index (χ1n) is 20.9. The summed E-state index contributed by atoms with van der Waals surface area (Å²) in [5.41, 5.74) is 19.2. The van der Waals surface area contributed by atoms with E-state index in [1.807, 2.05) is 24.3 Å². The summed E-state index contributed by atoms with van der Waals surface area (Å²) < 4.78 is 6.29. The van der Waals surface area contributed by atoms with Gasteiger partial charge in [-0.1, -0.05) is 147 Å². The fraction of sp³-hybridized carbons (Fsp3) is 0.125. The van der Waals surface area contributed by atoms with Gasteiger partial charge in [0.15, 0.2) is 5.58 Å². The third kappa shape index (κ3) is 6.63. The molecule has 0 atom stereocenters. The number of allylic oxidation sites excluding steroid dienone is 5. The van der Waals surface area contributed by atoms with Crippen molar-refractivity contribution in [1.82, 2.24) is 4.98 Å². The molecule has 0 spiro atoms. The summed E-state index contributed by atoms with van der Waals surface area (Å²) in [5.74, 6) is 0.632. The van der Waals surface area contributed by atoms with Crippen LogP contribution in [0.25, 0.3) is 56.5 Å². The number of rotatable bonds is 10. The SMILES string of the molecule is CCC1(CC)C2=C(CCC(/C=C/c3ccc(-c4cc(-c5ccccc5)ccc4-c4nc5ccccc5o4)cc3)=C2)c2ccc(N(c3ccccc3)c3ccccc3)cc21. The fourth-order valence-corrected chi connectivity index (χ4v) is 9.42. The van der Waals surface area contributed by atoms with Crippen molar-refractivity contribution in [3.63, 3.8) is 0 Å². The summed E-state index contributed by atoms with van der Waals surface area (Å²) in [7, 11) is 0. The van der Waals surface area contributed by atoms with Crippen molar-refractivity contribution < 1.29 is 4.42 Å². The van der Waals surface area contributed by atoms with Gasteiger partial charge in [-0.3, -0.25) is 0 Å². The Morgan fingerprint density at radius 3 is 1.90 bits per heavy atom. The van der Waals surface area contributed by atoms with Crippen LogP contribution in [0, 0.1) is 0 Å². The second-order valence-electron chi connectivity index (χ2n) is 15.7. The molecule has 0 aliphatic heterocycles. The Morgan fingerprint density at radius 1 is 0.559 bits per heavy atom. The number of fused-ring (bicyclic) bond motifs is 3. The van der Waals surface area contributed by atoms with Gasteiger partial charge in [0.25, 0.3) is 0 Å². The number of hydrogen-bond donors (Lipinski definition) is 0. The minimum absolute atomic E-state index is 0.0262. The van der Waals surface area contributed by atoms with Crippen LogP contribution in [-0.2, 0) is 5.41 Å². The number of aromatic nitrogens is 1. The second-order valence-corrected chi connectivity index (χ2v) is 15.7. The molecule has 0 N–H and O–H groups in total. The lowest BCUT2D eigenvalue weighted by molar-refractivity contribution is 0.485. The van der Waals surface area contributed by atoms with Gasteiger partial charge in [-0.2, -0.15) is 0 Å². The molecule has 0 saturated carbocycles. The molecule has 1 aromatic heterocycles. The smallest absolute Gasteiger partial charge is 0.227 e. The predicted octanol–water partition coefficient (Wildman–Crippen LogP) is 15.6. The number of nitrogens with zero attached hydrogens (tertiary/aromatic N) is 2. The zero-order valence-electron chi connectivity index (χ0n) is 33.6. The quantitative estimate of drug-likeness (QED) is 0.139. The van der Waals surface area contributed by atoms with E-state index in [1.54, 1.807) is 0 Å². The van der Waals surface area contributed by atoms with Gasteiger partial charge in [0.05, 0.1) is 0 Å². The molecule has 0 radical (unpaired) electrons. The van der Waals surface area contributed by atoms with Crippen LogP contribution in [0.2, 0.25) is 0 Å². The highest BCUT2D eigenvalue weighted by Gasteiger charge is 2.42. The van der Waals surface area contributed by atoms with Gasteiger partial charge in [0.1, 0.15) is 5.52 Å². The zero-order chi connectivity index (χ0) is 39.8. The monoisotopic (exact) mass is 762 g/mol. The molecule has 2 aliphatic carbocycles. The first-order chi connectivity index (χ1) is 29.1. The molecule has 59 heavy (non-hydrogen) atoms. The third-order valence-corrected chi connectivity index (χ3v) is 12.5. The van der Waals surface area contributed by atoms with Crippen molar-refractivity contribution in [3.05, 3.63) is 216 Å². The highest BCUT2D eigenvalue weighted by Crippen LogP contribution is 2.56. The average Bonchev–Trinajstić information content (AvgIpc) is 3.86. The highest BCUT2D eigenvalue weighted by molar-refractivity contribution is 5.89. The summed E-state index contributed by atoms with van der Waals surface area (Å²) in [5, 5.41) is 0. The van der Waals surface area contributed by atoms with Gasteiger partial charge in [-0.25, -0.2) is 4.98 Å². The van der Waals surface area contributed by atoms with Crippen LogP contribution in [-0.4, -0.2) is 4.98 Å². The van der Waals surface area contributed by atoms with Gasteiger partial charge >= 0.3 is 0 Å². The predicted molar refractivity (Wildman–Crippen MR) is 247 cm³/mol. The minimum Gasteiger partial charge on any atom is -0.436 e. The van der Waals surface area contributed by atoms with E-state index in [-0.39, 0.29) is 5.41 Å². The number of anilines is 3. The van der Waals surface area contributed by atoms with Crippen LogP contribution in [0.5, 0.6) is 0 Å². The molecule has 0 saturated heterocycles. The first-order valence-corrected chi connectivity index (χ1v) is 20.9. The molecule has 0 bridgehead atoms. The maximum atomic E-state index is 6.29. The Labute approximate surface area is 347 Å². The topological polar surface area (TPSA) is 29.3 Å². The molecule has 0 unspecified atom stereocenters. The van der Waals surface area contributed by atoms with Crippen LogP contribution < -0.4 is 4.90 Å². The Kier molecular flexibility index (Phi) is 9.50. The van der Waals surface area contributed by atoms with Crippen LogP contribution in [0.3, 0.4) is 0 Å². The summed E-state index contributed by atoms with van der Waals surface area (Å²) in [6.45, 7) is 4.74. The van der Waals surface area contributed by atoms with Crippen molar-refractivity contribution in [3.8, 4) is 33.7 Å². The number of hydrogen-bond acceptors (Lipinski definition) is 3. The van der Waals surface area contributed by atoms with E-state index < -0.39 is 0 Å². The molecule has 2 aliphatic rings. The van der Waals surface area contributed by atoms with Crippen molar-refractivity contribution in [1.29, 1.82) is 0 Å². The van der Waals surface area contributed by atoms with Crippen LogP contribution >= 0.6 is 0 Å². The number of benzene rings is 7. The van der Waals surface area contributed by atoms with Crippen molar-refractivity contribution >= 4 is 39.8 Å². The van der Waals surface area contributed by atoms with Crippen LogP contribution in [0.1, 0.15) is 56.2 Å². The van der Waals surface area contributed by atoms with Crippen molar-refractivity contribution in [2.45, 2.75) is 44.9 Å². The molecule has 0 amide bonds. The Balaban J connectivity index is 0.956. The van der Waals surface area contributed by atoms with Gasteiger partial charge < -0.3 is 9.32 Å². The Hall–Kier alpha value is -6.97. The van der Waals surface area contributed by atoms with Crippen molar-refractivity contribution in [2.24, 2.45) is 0 Å². The standard InChI is InChI=1S/C56H46N2O/c1-3-56(4-2)51-36-40(28-33-47(51)48-35-32-46(38-52(48)56)58(44-18-10-6-11-19-44)45-20-12-7-13-21-45)25-24-39-26-29-42(30-27-39)50-37-43(41-16-8-5-9-17-41)31-34-49(50)55-57-53-22-14-15-23-54(53)59-55/h5-27,29-32,34-38H,3-4,28,33H2,1-2H3/b25-24+. The molecule has 1 heterocycles. The van der Waals surface area contributed by atoms with Crippen LogP contribution in [0.15, 0.2) is 204 Å². The van der Waals surface area contributed by atoms with Crippen LogP contribution in [0.4, 0.5) is 17.1 Å². The number of para-hydroxylation sites is 4. The molecule has 3 nitrogen and oxygen atoms in total. The first kappa shape index (κ1) is 36.4. The summed E-state index contributed by atoms with van der Waals surface area (Å²) in [6, 6.07) is 62.6. The molecule has 0 fully saturated rings. The molecule has 10 rings (SSSR count).